The molecule has 0 bridgehead atoms. The molecule has 5 nitrogen and oxygen atoms in total. The van der Waals surface area contributed by atoms with Gasteiger partial charge in [0.2, 0.25) is 0 Å². The van der Waals surface area contributed by atoms with Crippen molar-refractivity contribution in [2.24, 2.45) is 0 Å². The molecule has 2 aromatic heterocycles. The van der Waals surface area contributed by atoms with Gasteiger partial charge >= 0.3 is 6.18 Å². The van der Waals surface area contributed by atoms with E-state index in [0.717, 1.165) is 17.2 Å². The van der Waals surface area contributed by atoms with Crippen molar-refractivity contribution < 1.29 is 13.2 Å². The van der Waals surface area contributed by atoms with Crippen molar-refractivity contribution in [3.63, 3.8) is 0 Å². The zero-order valence-electron chi connectivity index (χ0n) is 12.4. The Morgan fingerprint density at radius 1 is 1.00 bits per heavy atom. The molecule has 0 N–H and O–H groups in total. The van der Waals surface area contributed by atoms with Crippen LogP contribution in [0.1, 0.15) is 22.4 Å². The average Bonchev–Trinajstić information content (AvgIpc) is 3.18. The van der Waals surface area contributed by atoms with Gasteiger partial charge < -0.3 is 0 Å². The van der Waals surface area contributed by atoms with E-state index in [1.807, 2.05) is 30.3 Å². The summed E-state index contributed by atoms with van der Waals surface area (Å²) in [5, 5.41) is 16.4. The molecule has 0 radical (unpaired) electrons. The van der Waals surface area contributed by atoms with E-state index in [1.54, 1.807) is 10.9 Å². The second kappa shape index (κ2) is 6.20. The lowest BCUT2D eigenvalue weighted by Crippen LogP contribution is -2.08. The van der Waals surface area contributed by atoms with Gasteiger partial charge in [-0.3, -0.25) is 9.36 Å². The van der Waals surface area contributed by atoms with Crippen LogP contribution in [0.25, 0.3) is 0 Å². The van der Waals surface area contributed by atoms with E-state index in [-0.39, 0.29) is 6.54 Å². The minimum atomic E-state index is -4.43. The highest BCUT2D eigenvalue weighted by Gasteiger charge is 2.33. The van der Waals surface area contributed by atoms with Gasteiger partial charge in [-0.05, 0) is 17.2 Å². The SMILES string of the molecule is N#Cc1cnn(Cc2ccc(Cn3ccc(C(F)(F)F)n3)cc2)c1. The van der Waals surface area contributed by atoms with Crippen molar-refractivity contribution >= 4 is 0 Å². The predicted octanol–water partition coefficient (Wildman–Crippen LogP) is 3.07. The van der Waals surface area contributed by atoms with Gasteiger partial charge in [-0.2, -0.15) is 28.6 Å². The maximum atomic E-state index is 12.5. The number of nitriles is 1. The third kappa shape index (κ3) is 3.63. The zero-order valence-corrected chi connectivity index (χ0v) is 12.4. The van der Waals surface area contributed by atoms with Crippen molar-refractivity contribution in [3.8, 4) is 6.07 Å². The molecule has 2 heterocycles. The van der Waals surface area contributed by atoms with Gasteiger partial charge in [0.25, 0.3) is 0 Å². The normalized spacial score (nSPS) is 11.4. The molecule has 0 aliphatic heterocycles. The molecule has 3 aromatic rings. The average molecular weight is 331 g/mol. The molecule has 0 saturated carbocycles. The summed E-state index contributed by atoms with van der Waals surface area (Å²) in [5.74, 6) is 0. The lowest BCUT2D eigenvalue weighted by Gasteiger charge is -2.06. The Labute approximate surface area is 135 Å². The molecule has 122 valence electrons. The summed E-state index contributed by atoms with van der Waals surface area (Å²) in [6.45, 7) is 0.776. The van der Waals surface area contributed by atoms with Crippen LogP contribution in [-0.4, -0.2) is 19.6 Å². The highest BCUT2D eigenvalue weighted by molar-refractivity contribution is 5.25. The molecule has 24 heavy (non-hydrogen) atoms. The van der Waals surface area contributed by atoms with E-state index in [2.05, 4.69) is 10.2 Å². The van der Waals surface area contributed by atoms with E-state index in [9.17, 15) is 13.2 Å². The molecular formula is C16H12F3N5. The number of aromatic nitrogens is 4. The highest BCUT2D eigenvalue weighted by atomic mass is 19.4. The lowest BCUT2D eigenvalue weighted by molar-refractivity contribution is -0.141. The summed E-state index contributed by atoms with van der Waals surface area (Å²) in [7, 11) is 0. The highest BCUT2D eigenvalue weighted by Crippen LogP contribution is 2.27. The van der Waals surface area contributed by atoms with Crippen LogP contribution in [0.5, 0.6) is 0 Å². The standard InChI is InChI=1S/C16H12F3N5/c17-16(18,19)15-5-6-23(22-15)9-12-1-3-13(4-2-12)10-24-11-14(7-20)8-21-24/h1-6,8,11H,9-10H2. The first-order chi connectivity index (χ1) is 11.4. The number of benzene rings is 1. The Kier molecular flexibility index (Phi) is 4.08. The quantitative estimate of drug-likeness (QED) is 0.738. The van der Waals surface area contributed by atoms with Crippen molar-refractivity contribution in [2.45, 2.75) is 19.3 Å². The second-order valence-electron chi connectivity index (χ2n) is 5.25. The maximum absolute atomic E-state index is 12.5. The molecule has 1 aromatic carbocycles. The van der Waals surface area contributed by atoms with Crippen molar-refractivity contribution in [3.05, 3.63) is 71.3 Å². The van der Waals surface area contributed by atoms with E-state index in [1.165, 1.54) is 17.1 Å². The Morgan fingerprint density at radius 2 is 1.62 bits per heavy atom. The van der Waals surface area contributed by atoms with Crippen LogP contribution < -0.4 is 0 Å². The minimum Gasteiger partial charge on any atom is -0.268 e. The number of alkyl halides is 3. The molecule has 3 rings (SSSR count). The van der Waals surface area contributed by atoms with E-state index in [0.29, 0.717) is 12.1 Å². The topological polar surface area (TPSA) is 59.4 Å². The van der Waals surface area contributed by atoms with Gasteiger partial charge in [-0.15, -0.1) is 0 Å². The van der Waals surface area contributed by atoms with Gasteiger partial charge in [0.1, 0.15) is 6.07 Å². The summed E-state index contributed by atoms with van der Waals surface area (Å²) in [6, 6.07) is 10.4. The largest absolute Gasteiger partial charge is 0.435 e. The summed E-state index contributed by atoms with van der Waals surface area (Å²) < 4.78 is 40.5. The molecule has 0 spiro atoms. The monoisotopic (exact) mass is 331 g/mol. The third-order valence-corrected chi connectivity index (χ3v) is 3.41. The molecule has 8 heteroatoms. The number of hydrogen-bond acceptors (Lipinski definition) is 3. The van der Waals surface area contributed by atoms with Crippen LogP contribution in [0.2, 0.25) is 0 Å². The zero-order chi connectivity index (χ0) is 17.2. The number of rotatable bonds is 4. The van der Waals surface area contributed by atoms with Crippen molar-refractivity contribution in [1.29, 1.82) is 5.26 Å². The van der Waals surface area contributed by atoms with Crippen molar-refractivity contribution in [1.82, 2.24) is 19.6 Å². The van der Waals surface area contributed by atoms with Crippen LogP contribution in [0.15, 0.2) is 48.9 Å². The van der Waals surface area contributed by atoms with Crippen LogP contribution >= 0.6 is 0 Å². The van der Waals surface area contributed by atoms with Crippen LogP contribution in [0.4, 0.5) is 13.2 Å². The summed E-state index contributed by atoms with van der Waals surface area (Å²) >= 11 is 0. The molecule has 0 atom stereocenters. The van der Waals surface area contributed by atoms with Crippen LogP contribution in [0.3, 0.4) is 0 Å². The van der Waals surface area contributed by atoms with Crippen LogP contribution in [-0.2, 0) is 19.3 Å². The molecule has 0 fully saturated rings. The first-order valence-corrected chi connectivity index (χ1v) is 7.05. The van der Waals surface area contributed by atoms with E-state index in [4.69, 9.17) is 5.26 Å². The maximum Gasteiger partial charge on any atom is 0.435 e. The Balaban J connectivity index is 1.66. The fourth-order valence-corrected chi connectivity index (χ4v) is 2.23. The first-order valence-electron chi connectivity index (χ1n) is 7.05. The Morgan fingerprint density at radius 3 is 2.12 bits per heavy atom. The Hall–Kier alpha value is -3.08. The lowest BCUT2D eigenvalue weighted by atomic mass is 10.1. The van der Waals surface area contributed by atoms with Gasteiger partial charge in [0.05, 0.1) is 24.8 Å². The number of hydrogen-bond donors (Lipinski definition) is 0. The van der Waals surface area contributed by atoms with Crippen molar-refractivity contribution in [2.75, 3.05) is 0 Å². The van der Waals surface area contributed by atoms with Gasteiger partial charge in [-0.1, -0.05) is 24.3 Å². The first kappa shape index (κ1) is 15.8. The molecule has 0 aliphatic carbocycles. The smallest absolute Gasteiger partial charge is 0.268 e. The summed E-state index contributed by atoms with van der Waals surface area (Å²) in [4.78, 5) is 0. The van der Waals surface area contributed by atoms with E-state index < -0.39 is 11.9 Å². The van der Waals surface area contributed by atoms with Gasteiger partial charge in [0, 0.05) is 12.4 Å². The van der Waals surface area contributed by atoms with E-state index >= 15 is 0 Å². The number of nitrogens with zero attached hydrogens (tertiary/aromatic N) is 5. The molecular weight excluding hydrogens is 319 g/mol. The molecule has 0 amide bonds. The summed E-state index contributed by atoms with van der Waals surface area (Å²) in [6.07, 6.45) is 0.0195. The molecule has 0 unspecified atom stereocenters. The van der Waals surface area contributed by atoms with Gasteiger partial charge in [0.15, 0.2) is 5.69 Å². The minimum absolute atomic E-state index is 0.261. The fraction of sp³-hybridized carbons (Fsp3) is 0.188. The molecule has 0 aliphatic rings. The number of halogens is 3. The van der Waals surface area contributed by atoms with Gasteiger partial charge in [-0.25, -0.2) is 0 Å². The third-order valence-electron chi connectivity index (χ3n) is 3.41. The van der Waals surface area contributed by atoms with Crippen LogP contribution in [0, 0.1) is 11.3 Å². The Bertz CT molecular complexity index is 868. The predicted molar refractivity (Wildman–Crippen MR) is 78.8 cm³/mol. The fourth-order valence-electron chi connectivity index (χ4n) is 2.23. The second-order valence-corrected chi connectivity index (χ2v) is 5.25. The summed E-state index contributed by atoms with van der Waals surface area (Å²) in [5.41, 5.74) is 1.41. The molecule has 0 saturated heterocycles.